The summed E-state index contributed by atoms with van der Waals surface area (Å²) in [6, 6.07) is 1.98. The number of hydrogen-bond donors (Lipinski definition) is 2. The van der Waals surface area contributed by atoms with Gasteiger partial charge in [-0.05, 0) is 56.6 Å². The van der Waals surface area contributed by atoms with E-state index in [1.807, 2.05) is 6.07 Å². The summed E-state index contributed by atoms with van der Waals surface area (Å²) < 4.78 is 12.0. The van der Waals surface area contributed by atoms with Crippen molar-refractivity contribution >= 4 is 18.0 Å². The van der Waals surface area contributed by atoms with Crippen LogP contribution < -0.4 is 4.74 Å². The van der Waals surface area contributed by atoms with Crippen LogP contribution in [-0.2, 0) is 27.3 Å². The summed E-state index contributed by atoms with van der Waals surface area (Å²) in [5.41, 5.74) is 2.56. The standard InChI is InChI=1S/C30H43NO6/c1-3-4-5-9-24(33)18-25(36-20(2)32)14-12-22-17-23(19-31-16-7-11-28(31)34)29(35)30-26(22)15-13-21-8-6-10-27(21)37-30/h13,15,17,21,24-25,27,33,35H,3-12,14,16,18-19H2,1-2H3/t21-,24-,25+,27-/m0/s1. The first-order chi connectivity index (χ1) is 17.9. The minimum Gasteiger partial charge on any atom is -0.504 e. The van der Waals surface area contributed by atoms with E-state index < -0.39 is 12.2 Å². The highest BCUT2D eigenvalue weighted by Gasteiger charge is 2.33. The van der Waals surface area contributed by atoms with E-state index in [1.165, 1.54) is 6.92 Å². The normalized spacial score (nSPS) is 22.2. The molecule has 0 spiro atoms. The highest BCUT2D eigenvalue weighted by atomic mass is 16.5. The van der Waals surface area contributed by atoms with Gasteiger partial charge in [0.25, 0.3) is 0 Å². The summed E-state index contributed by atoms with van der Waals surface area (Å²) in [5.74, 6) is 0.724. The number of aliphatic hydroxyl groups excluding tert-OH is 1. The van der Waals surface area contributed by atoms with Crippen LogP contribution in [-0.4, -0.2) is 51.8 Å². The van der Waals surface area contributed by atoms with Gasteiger partial charge in [-0.3, -0.25) is 9.59 Å². The molecule has 204 valence electrons. The smallest absolute Gasteiger partial charge is 0.302 e. The van der Waals surface area contributed by atoms with Gasteiger partial charge in [0, 0.05) is 49.9 Å². The van der Waals surface area contributed by atoms with Crippen LogP contribution in [0.4, 0.5) is 0 Å². The molecule has 4 atom stereocenters. The number of benzene rings is 1. The number of aliphatic hydroxyl groups is 1. The van der Waals surface area contributed by atoms with E-state index in [0.717, 1.165) is 56.1 Å². The molecule has 2 fully saturated rings. The van der Waals surface area contributed by atoms with Crippen LogP contribution in [0, 0.1) is 5.92 Å². The number of aryl methyl sites for hydroxylation is 1. The average Bonchev–Trinajstić information content (AvgIpc) is 3.43. The van der Waals surface area contributed by atoms with Gasteiger partial charge in [0.1, 0.15) is 12.2 Å². The fourth-order valence-corrected chi connectivity index (χ4v) is 6.00. The number of fused-ring (bicyclic) bond motifs is 2. The molecule has 0 unspecified atom stereocenters. The number of unbranched alkanes of at least 4 members (excludes halogenated alkanes) is 2. The quantitative estimate of drug-likeness (QED) is 0.291. The van der Waals surface area contributed by atoms with Crippen molar-refractivity contribution in [2.45, 2.75) is 116 Å². The molecule has 3 aliphatic rings. The van der Waals surface area contributed by atoms with Gasteiger partial charge in [0.05, 0.1) is 6.10 Å². The molecular formula is C30H43NO6. The molecule has 1 aliphatic carbocycles. The number of hydrogen-bond acceptors (Lipinski definition) is 6. The van der Waals surface area contributed by atoms with Crippen LogP contribution in [0.15, 0.2) is 12.1 Å². The second-order valence-corrected chi connectivity index (χ2v) is 11.0. The Kier molecular flexibility index (Phi) is 9.52. The van der Waals surface area contributed by atoms with Gasteiger partial charge < -0.3 is 24.6 Å². The van der Waals surface area contributed by atoms with Crippen LogP contribution in [0.1, 0.15) is 101 Å². The van der Waals surface area contributed by atoms with E-state index in [1.54, 1.807) is 4.90 Å². The molecule has 1 saturated heterocycles. The summed E-state index contributed by atoms with van der Waals surface area (Å²) in [6.45, 7) is 4.59. The number of carbonyl (C=O) groups is 2. The van der Waals surface area contributed by atoms with Crippen LogP contribution in [0.3, 0.4) is 0 Å². The Morgan fingerprint density at radius 3 is 2.78 bits per heavy atom. The molecule has 0 bridgehead atoms. The van der Waals surface area contributed by atoms with Crippen molar-refractivity contribution in [1.29, 1.82) is 0 Å². The van der Waals surface area contributed by atoms with Crippen LogP contribution in [0.2, 0.25) is 0 Å². The summed E-state index contributed by atoms with van der Waals surface area (Å²) >= 11 is 0. The van der Waals surface area contributed by atoms with Gasteiger partial charge >= 0.3 is 5.97 Å². The van der Waals surface area contributed by atoms with Crippen molar-refractivity contribution in [2.24, 2.45) is 5.92 Å². The number of likely N-dealkylation sites (tertiary alicyclic amines) is 1. The average molecular weight is 514 g/mol. The summed E-state index contributed by atoms with van der Waals surface area (Å²) in [6.07, 6.45) is 13.4. The zero-order valence-electron chi connectivity index (χ0n) is 22.4. The number of esters is 1. The van der Waals surface area contributed by atoms with Crippen LogP contribution >= 0.6 is 0 Å². The van der Waals surface area contributed by atoms with Gasteiger partial charge in [-0.2, -0.15) is 0 Å². The molecule has 2 heterocycles. The van der Waals surface area contributed by atoms with Gasteiger partial charge in [0.2, 0.25) is 5.91 Å². The third kappa shape index (κ3) is 7.07. The molecule has 37 heavy (non-hydrogen) atoms. The fraction of sp³-hybridized carbons (Fsp3) is 0.667. The number of amides is 1. The zero-order chi connectivity index (χ0) is 26.4. The topological polar surface area (TPSA) is 96.3 Å². The van der Waals surface area contributed by atoms with E-state index in [9.17, 15) is 19.8 Å². The van der Waals surface area contributed by atoms with E-state index >= 15 is 0 Å². The Labute approximate surface area is 220 Å². The number of phenols is 1. The second-order valence-electron chi connectivity index (χ2n) is 11.0. The number of nitrogens with zero attached hydrogens (tertiary/aromatic N) is 1. The van der Waals surface area contributed by atoms with Crippen molar-refractivity contribution < 1.29 is 29.3 Å². The number of carbonyl (C=O) groups excluding carboxylic acids is 2. The van der Waals surface area contributed by atoms with Gasteiger partial charge in [-0.15, -0.1) is 0 Å². The predicted octanol–water partition coefficient (Wildman–Crippen LogP) is 5.28. The highest BCUT2D eigenvalue weighted by Crippen LogP contribution is 2.44. The molecule has 7 heteroatoms. The Morgan fingerprint density at radius 2 is 2.05 bits per heavy atom. The molecule has 1 aromatic carbocycles. The Balaban J connectivity index is 1.57. The summed E-state index contributed by atoms with van der Waals surface area (Å²) in [4.78, 5) is 25.9. The van der Waals surface area contributed by atoms with Gasteiger partial charge in [-0.1, -0.05) is 38.3 Å². The molecule has 0 aromatic heterocycles. The van der Waals surface area contributed by atoms with E-state index in [0.29, 0.717) is 62.4 Å². The molecular weight excluding hydrogens is 470 g/mol. The first kappa shape index (κ1) is 27.5. The molecule has 4 rings (SSSR count). The first-order valence-corrected chi connectivity index (χ1v) is 14.2. The SMILES string of the molecule is CCCCC[C@H](O)C[C@@H](CCc1cc(CN2CCCC2=O)c(O)c2c1C=C[C@@H]1CCC[C@@H]1O2)OC(C)=O. The molecule has 0 radical (unpaired) electrons. The second kappa shape index (κ2) is 12.8. The minimum atomic E-state index is -0.507. The predicted molar refractivity (Wildman–Crippen MR) is 142 cm³/mol. The molecule has 2 N–H and O–H groups in total. The number of ether oxygens (including phenoxy) is 2. The zero-order valence-corrected chi connectivity index (χ0v) is 22.4. The Morgan fingerprint density at radius 1 is 1.22 bits per heavy atom. The number of rotatable bonds is 12. The number of phenolic OH excluding ortho intramolecular Hbond substituents is 1. The van der Waals surface area contributed by atoms with Crippen LogP contribution in [0.25, 0.3) is 6.08 Å². The first-order valence-electron chi connectivity index (χ1n) is 14.2. The fourth-order valence-electron chi connectivity index (χ4n) is 6.00. The molecule has 1 aromatic rings. The lowest BCUT2D eigenvalue weighted by Crippen LogP contribution is -2.25. The number of aromatic hydroxyl groups is 1. The lowest BCUT2D eigenvalue weighted by atomic mass is 9.94. The van der Waals surface area contributed by atoms with Crippen molar-refractivity contribution in [2.75, 3.05) is 6.54 Å². The lowest BCUT2D eigenvalue weighted by Gasteiger charge is -2.24. The summed E-state index contributed by atoms with van der Waals surface area (Å²) in [5, 5.41) is 21.8. The highest BCUT2D eigenvalue weighted by molar-refractivity contribution is 5.78. The van der Waals surface area contributed by atoms with Gasteiger partial charge in [0.15, 0.2) is 11.5 Å². The lowest BCUT2D eigenvalue weighted by molar-refractivity contribution is -0.148. The maximum atomic E-state index is 12.3. The molecule has 7 nitrogen and oxygen atoms in total. The Hall–Kier alpha value is -2.54. The van der Waals surface area contributed by atoms with Crippen molar-refractivity contribution in [3.8, 4) is 11.5 Å². The maximum Gasteiger partial charge on any atom is 0.302 e. The molecule has 2 aliphatic heterocycles. The molecule has 1 amide bonds. The third-order valence-corrected chi connectivity index (χ3v) is 8.02. The minimum absolute atomic E-state index is 0.0481. The largest absolute Gasteiger partial charge is 0.504 e. The van der Waals surface area contributed by atoms with Crippen molar-refractivity contribution in [1.82, 2.24) is 4.90 Å². The maximum absolute atomic E-state index is 12.3. The van der Waals surface area contributed by atoms with E-state index in [-0.39, 0.29) is 23.7 Å². The van der Waals surface area contributed by atoms with Crippen LogP contribution in [0.5, 0.6) is 11.5 Å². The van der Waals surface area contributed by atoms with Crippen molar-refractivity contribution in [3.05, 3.63) is 28.8 Å². The van der Waals surface area contributed by atoms with Gasteiger partial charge in [-0.25, -0.2) is 0 Å². The monoisotopic (exact) mass is 513 g/mol. The van der Waals surface area contributed by atoms with E-state index in [2.05, 4.69) is 19.1 Å². The molecule has 1 saturated carbocycles. The van der Waals surface area contributed by atoms with Crippen molar-refractivity contribution in [3.63, 3.8) is 0 Å². The Bertz CT molecular complexity index is 989. The summed E-state index contributed by atoms with van der Waals surface area (Å²) in [7, 11) is 0. The van der Waals surface area contributed by atoms with E-state index in [4.69, 9.17) is 9.47 Å². The third-order valence-electron chi connectivity index (χ3n) is 8.02.